The lowest BCUT2D eigenvalue weighted by molar-refractivity contribution is 0.102. The zero-order valence-electron chi connectivity index (χ0n) is 21.4. The van der Waals surface area contributed by atoms with Crippen LogP contribution in [-0.4, -0.2) is 43.1 Å². The predicted molar refractivity (Wildman–Crippen MR) is 145 cm³/mol. The number of hydrogen-bond donors (Lipinski definition) is 1. The van der Waals surface area contributed by atoms with Gasteiger partial charge in [0.1, 0.15) is 5.75 Å². The first-order valence-corrected chi connectivity index (χ1v) is 12.1. The maximum absolute atomic E-state index is 12.6. The second-order valence-corrected chi connectivity index (χ2v) is 9.43. The predicted octanol–water partition coefficient (Wildman–Crippen LogP) is 6.06. The Balaban J connectivity index is 1.44. The number of nitrogens with zero attached hydrogens (tertiary/aromatic N) is 2. The van der Waals surface area contributed by atoms with Crippen molar-refractivity contribution in [2.75, 3.05) is 33.1 Å². The number of amides is 1. The molecule has 0 radical (unpaired) electrons. The largest absolute Gasteiger partial charge is 0.497 e. The van der Waals surface area contributed by atoms with Crippen LogP contribution in [0.3, 0.4) is 0 Å². The lowest BCUT2D eigenvalue weighted by Crippen LogP contribution is -2.15. The van der Waals surface area contributed by atoms with Gasteiger partial charge in [-0.2, -0.15) is 0 Å². The topological polar surface area (TPSA) is 46.5 Å². The Hall–Kier alpha value is -3.57. The molecule has 182 valence electrons. The summed E-state index contributed by atoms with van der Waals surface area (Å²) in [6.07, 6.45) is 1.97. The van der Waals surface area contributed by atoms with Gasteiger partial charge in [-0.15, -0.1) is 0 Å². The maximum Gasteiger partial charge on any atom is 0.255 e. The van der Waals surface area contributed by atoms with Crippen molar-refractivity contribution in [3.63, 3.8) is 0 Å². The molecule has 3 aromatic carbocycles. The Morgan fingerprint density at radius 1 is 0.943 bits per heavy atom. The van der Waals surface area contributed by atoms with Crippen molar-refractivity contribution in [2.45, 2.75) is 33.2 Å². The quantitative estimate of drug-likeness (QED) is 0.324. The summed E-state index contributed by atoms with van der Waals surface area (Å²) < 4.78 is 7.62. The molecule has 0 saturated heterocycles. The standard InChI is InChI=1S/C30H35N3O2/c1-21-22(2)33(18-6-17-32(3)4)29-16-9-24(20-28(21)29)19-23-7-10-25(11-8-23)30(34)31-26-12-14-27(35-5)15-13-26/h7-16,20H,6,17-19H2,1-5H3,(H,31,34). The Kier molecular flexibility index (Phi) is 7.57. The summed E-state index contributed by atoms with van der Waals surface area (Å²) in [7, 11) is 5.87. The van der Waals surface area contributed by atoms with Gasteiger partial charge in [-0.05, 0) is 113 Å². The van der Waals surface area contributed by atoms with E-state index in [0.717, 1.165) is 37.4 Å². The van der Waals surface area contributed by atoms with Gasteiger partial charge in [0.2, 0.25) is 0 Å². The Morgan fingerprint density at radius 2 is 1.63 bits per heavy atom. The Morgan fingerprint density at radius 3 is 2.29 bits per heavy atom. The molecular formula is C30H35N3O2. The second-order valence-electron chi connectivity index (χ2n) is 9.43. The van der Waals surface area contributed by atoms with E-state index >= 15 is 0 Å². The zero-order valence-corrected chi connectivity index (χ0v) is 21.4. The van der Waals surface area contributed by atoms with Crippen molar-refractivity contribution in [1.82, 2.24) is 9.47 Å². The summed E-state index contributed by atoms with van der Waals surface area (Å²) in [4.78, 5) is 14.9. The number of methoxy groups -OCH3 is 1. The minimum Gasteiger partial charge on any atom is -0.497 e. The number of nitrogens with one attached hydrogen (secondary N) is 1. The summed E-state index contributed by atoms with van der Waals surface area (Å²) in [6.45, 7) is 6.57. The number of aromatic nitrogens is 1. The second kappa shape index (κ2) is 10.8. The number of hydrogen-bond acceptors (Lipinski definition) is 3. The number of anilines is 1. The summed E-state index contributed by atoms with van der Waals surface area (Å²) in [6, 6.07) is 22.0. The van der Waals surface area contributed by atoms with Crippen LogP contribution in [0.5, 0.6) is 5.75 Å². The van der Waals surface area contributed by atoms with Crippen molar-refractivity contribution in [3.05, 3.63) is 94.7 Å². The van der Waals surface area contributed by atoms with Gasteiger partial charge in [0.15, 0.2) is 0 Å². The van der Waals surface area contributed by atoms with Crippen molar-refractivity contribution < 1.29 is 9.53 Å². The van der Waals surface area contributed by atoms with E-state index in [2.05, 4.69) is 60.9 Å². The molecule has 4 aromatic rings. The highest BCUT2D eigenvalue weighted by atomic mass is 16.5. The van der Waals surface area contributed by atoms with Crippen molar-refractivity contribution in [3.8, 4) is 5.75 Å². The van der Waals surface area contributed by atoms with E-state index in [-0.39, 0.29) is 5.91 Å². The fourth-order valence-electron chi connectivity index (χ4n) is 4.53. The lowest BCUT2D eigenvalue weighted by Gasteiger charge is -2.12. The summed E-state index contributed by atoms with van der Waals surface area (Å²) in [5, 5.41) is 4.27. The number of carbonyl (C=O) groups is 1. The first-order chi connectivity index (χ1) is 16.9. The minimum absolute atomic E-state index is 0.121. The number of fused-ring (bicyclic) bond motifs is 1. The van der Waals surface area contributed by atoms with Gasteiger partial charge in [-0.1, -0.05) is 18.2 Å². The highest BCUT2D eigenvalue weighted by molar-refractivity contribution is 6.04. The summed E-state index contributed by atoms with van der Waals surface area (Å²) in [5.74, 6) is 0.640. The van der Waals surface area contributed by atoms with Gasteiger partial charge < -0.3 is 19.5 Å². The van der Waals surface area contributed by atoms with Crippen LogP contribution in [0.4, 0.5) is 5.69 Å². The molecule has 5 heteroatoms. The molecule has 0 spiro atoms. The fraction of sp³-hybridized carbons (Fsp3) is 0.300. The van der Waals surface area contributed by atoms with Crippen LogP contribution in [0.25, 0.3) is 10.9 Å². The molecule has 0 aliphatic carbocycles. The van der Waals surface area contributed by atoms with Gasteiger partial charge in [0, 0.05) is 34.4 Å². The van der Waals surface area contributed by atoms with Crippen molar-refractivity contribution in [1.29, 1.82) is 0 Å². The van der Waals surface area contributed by atoms with E-state index < -0.39 is 0 Å². The molecule has 1 N–H and O–H groups in total. The van der Waals surface area contributed by atoms with Gasteiger partial charge in [0.05, 0.1) is 7.11 Å². The molecule has 4 rings (SSSR count). The molecule has 0 fully saturated rings. The number of aryl methyl sites for hydroxylation is 2. The molecule has 0 unspecified atom stereocenters. The lowest BCUT2D eigenvalue weighted by atomic mass is 10.0. The van der Waals surface area contributed by atoms with Crippen molar-refractivity contribution >= 4 is 22.5 Å². The van der Waals surface area contributed by atoms with Crippen LogP contribution in [-0.2, 0) is 13.0 Å². The number of carbonyl (C=O) groups excluding carboxylic acids is 1. The number of benzene rings is 3. The first-order valence-electron chi connectivity index (χ1n) is 12.1. The molecular weight excluding hydrogens is 434 g/mol. The van der Waals surface area contributed by atoms with Gasteiger partial charge in [0.25, 0.3) is 5.91 Å². The first kappa shape index (κ1) is 24.6. The molecule has 0 aliphatic rings. The van der Waals surface area contributed by atoms with Crippen LogP contribution in [0.2, 0.25) is 0 Å². The molecule has 1 aromatic heterocycles. The van der Waals surface area contributed by atoms with E-state index in [4.69, 9.17) is 4.74 Å². The molecule has 0 aliphatic heterocycles. The molecule has 1 heterocycles. The van der Waals surface area contributed by atoms with Crippen molar-refractivity contribution in [2.24, 2.45) is 0 Å². The molecule has 35 heavy (non-hydrogen) atoms. The SMILES string of the molecule is COc1ccc(NC(=O)c2ccc(Cc3ccc4c(c3)c(C)c(C)n4CCCN(C)C)cc2)cc1. The Labute approximate surface area is 208 Å². The van der Waals surface area contributed by atoms with E-state index in [0.29, 0.717) is 5.56 Å². The normalized spacial score (nSPS) is 11.3. The van der Waals surface area contributed by atoms with Gasteiger partial charge in [-0.25, -0.2) is 0 Å². The van der Waals surface area contributed by atoms with E-state index in [9.17, 15) is 4.79 Å². The summed E-state index contributed by atoms with van der Waals surface area (Å²) >= 11 is 0. The van der Waals surface area contributed by atoms with Crippen LogP contribution in [0, 0.1) is 13.8 Å². The van der Waals surface area contributed by atoms with E-state index in [1.54, 1.807) is 7.11 Å². The third-order valence-electron chi connectivity index (χ3n) is 6.66. The van der Waals surface area contributed by atoms with Gasteiger partial charge >= 0.3 is 0 Å². The molecule has 0 bridgehead atoms. The minimum atomic E-state index is -0.121. The third kappa shape index (κ3) is 5.75. The highest BCUT2D eigenvalue weighted by Gasteiger charge is 2.12. The van der Waals surface area contributed by atoms with Gasteiger partial charge in [-0.3, -0.25) is 4.79 Å². The molecule has 5 nitrogen and oxygen atoms in total. The average Bonchev–Trinajstić information content (AvgIpc) is 3.09. The zero-order chi connectivity index (χ0) is 24.9. The van der Waals surface area contributed by atoms with Crippen LogP contribution in [0.1, 0.15) is 39.2 Å². The average molecular weight is 470 g/mol. The van der Waals surface area contributed by atoms with Crippen LogP contribution in [0.15, 0.2) is 66.7 Å². The monoisotopic (exact) mass is 469 g/mol. The Bertz CT molecular complexity index is 1300. The third-order valence-corrected chi connectivity index (χ3v) is 6.66. The summed E-state index contributed by atoms with van der Waals surface area (Å²) in [5.41, 5.74) is 7.87. The maximum atomic E-state index is 12.6. The molecule has 0 atom stereocenters. The smallest absolute Gasteiger partial charge is 0.255 e. The number of rotatable bonds is 9. The molecule has 1 amide bonds. The van der Waals surface area contributed by atoms with E-state index in [1.165, 1.54) is 33.3 Å². The highest BCUT2D eigenvalue weighted by Crippen LogP contribution is 2.27. The molecule has 0 saturated carbocycles. The number of ether oxygens (including phenoxy) is 1. The van der Waals surface area contributed by atoms with Crippen LogP contribution >= 0.6 is 0 Å². The van der Waals surface area contributed by atoms with E-state index in [1.807, 2.05) is 48.5 Å². The fourth-order valence-corrected chi connectivity index (χ4v) is 4.53. The van der Waals surface area contributed by atoms with Crippen LogP contribution < -0.4 is 10.1 Å².